The van der Waals surface area contributed by atoms with Gasteiger partial charge in [-0.3, -0.25) is 19.5 Å². The number of hydrazone groups is 1. The minimum Gasteiger partial charge on any atom is -0.497 e. The number of carbonyl (C=O) groups is 2. The van der Waals surface area contributed by atoms with E-state index in [2.05, 4.69) is 15.6 Å². The predicted molar refractivity (Wildman–Crippen MR) is 134 cm³/mol. The molecule has 0 saturated carbocycles. The quantitative estimate of drug-likeness (QED) is 0.239. The van der Waals surface area contributed by atoms with Crippen LogP contribution in [0.25, 0.3) is 5.69 Å². The monoisotopic (exact) mass is 512 g/mol. The van der Waals surface area contributed by atoms with Gasteiger partial charge in [-0.2, -0.15) is 5.10 Å². The van der Waals surface area contributed by atoms with Crippen LogP contribution in [-0.4, -0.2) is 62.9 Å². The van der Waals surface area contributed by atoms with E-state index in [1.165, 1.54) is 52.4 Å². The fraction of sp³-hybridized carbons (Fsp3) is 0.280. The molecule has 0 aliphatic carbocycles. The number of methoxy groups -OCH3 is 5. The van der Waals surface area contributed by atoms with E-state index in [0.717, 1.165) is 0 Å². The van der Waals surface area contributed by atoms with E-state index in [1.54, 1.807) is 31.2 Å². The molecule has 0 spiro atoms. The third kappa shape index (κ3) is 5.74. The number of hydrogen-bond donors (Lipinski definition) is 2. The zero-order chi connectivity index (χ0) is 27.1. The summed E-state index contributed by atoms with van der Waals surface area (Å²) in [6, 6.07) is 9.69. The highest BCUT2D eigenvalue weighted by Crippen LogP contribution is 2.38. The standard InChI is InChI=1S/C25H28N4O8/c1-14(26-27-24(31)15-11-19(34-3)23(37-6)20(12-15)35-4)22-18(13-21(30)36-5)28-29(25(22)32)16-7-9-17(33-2)10-8-16/h7-12,28H,13H2,1-6H3,(H,27,31). The summed E-state index contributed by atoms with van der Waals surface area (Å²) in [5.41, 5.74) is 3.22. The van der Waals surface area contributed by atoms with Gasteiger partial charge < -0.3 is 23.7 Å². The minimum absolute atomic E-state index is 0.117. The lowest BCUT2D eigenvalue weighted by Crippen LogP contribution is -2.24. The summed E-state index contributed by atoms with van der Waals surface area (Å²) < 4.78 is 27.0. The van der Waals surface area contributed by atoms with E-state index in [-0.39, 0.29) is 29.0 Å². The first-order chi connectivity index (χ1) is 17.8. The highest BCUT2D eigenvalue weighted by molar-refractivity contribution is 6.02. The number of ether oxygens (including phenoxy) is 5. The smallest absolute Gasteiger partial charge is 0.311 e. The fourth-order valence-corrected chi connectivity index (χ4v) is 3.58. The molecule has 1 aromatic heterocycles. The zero-order valence-corrected chi connectivity index (χ0v) is 21.3. The van der Waals surface area contributed by atoms with Crippen molar-refractivity contribution in [2.24, 2.45) is 5.10 Å². The van der Waals surface area contributed by atoms with Crippen LogP contribution in [0.1, 0.15) is 28.5 Å². The van der Waals surface area contributed by atoms with Crippen molar-refractivity contribution in [2.45, 2.75) is 13.3 Å². The van der Waals surface area contributed by atoms with Gasteiger partial charge in [0, 0.05) is 5.56 Å². The van der Waals surface area contributed by atoms with Crippen molar-refractivity contribution in [3.8, 4) is 28.7 Å². The molecule has 1 amide bonds. The molecular formula is C25H28N4O8. The Hall–Kier alpha value is -4.74. The Morgan fingerprint density at radius 3 is 2.08 bits per heavy atom. The van der Waals surface area contributed by atoms with Crippen LogP contribution in [0.15, 0.2) is 46.3 Å². The average molecular weight is 513 g/mol. The Labute approximate surface area is 212 Å². The fourth-order valence-electron chi connectivity index (χ4n) is 3.58. The number of aromatic nitrogens is 2. The maximum atomic E-state index is 13.3. The van der Waals surface area contributed by atoms with E-state index in [0.29, 0.717) is 28.7 Å². The molecule has 0 saturated heterocycles. The molecule has 3 aromatic rings. The number of esters is 1. The molecule has 0 bridgehead atoms. The molecule has 0 atom stereocenters. The zero-order valence-electron chi connectivity index (χ0n) is 21.3. The van der Waals surface area contributed by atoms with E-state index >= 15 is 0 Å². The molecule has 0 unspecified atom stereocenters. The van der Waals surface area contributed by atoms with Gasteiger partial charge in [0.25, 0.3) is 11.5 Å². The maximum Gasteiger partial charge on any atom is 0.311 e. The van der Waals surface area contributed by atoms with E-state index in [1.807, 2.05) is 0 Å². The third-order valence-electron chi connectivity index (χ3n) is 5.46. The van der Waals surface area contributed by atoms with Gasteiger partial charge in [0.05, 0.1) is 64.6 Å². The lowest BCUT2D eigenvalue weighted by atomic mass is 10.1. The first-order valence-corrected chi connectivity index (χ1v) is 11.0. The highest BCUT2D eigenvalue weighted by atomic mass is 16.5. The van der Waals surface area contributed by atoms with Gasteiger partial charge in [-0.25, -0.2) is 10.1 Å². The van der Waals surface area contributed by atoms with Crippen LogP contribution in [0, 0.1) is 0 Å². The van der Waals surface area contributed by atoms with Crippen molar-refractivity contribution in [2.75, 3.05) is 35.5 Å². The molecule has 3 rings (SSSR count). The number of hydrogen-bond acceptors (Lipinski definition) is 9. The van der Waals surface area contributed by atoms with Crippen LogP contribution >= 0.6 is 0 Å². The summed E-state index contributed by atoms with van der Waals surface area (Å²) in [7, 11) is 7.11. The Morgan fingerprint density at radius 2 is 1.57 bits per heavy atom. The number of amides is 1. The van der Waals surface area contributed by atoms with Gasteiger partial charge in [0.2, 0.25) is 5.75 Å². The summed E-state index contributed by atoms with van der Waals surface area (Å²) in [6.07, 6.45) is -0.210. The number of nitrogens with zero attached hydrogens (tertiary/aromatic N) is 2. The first kappa shape index (κ1) is 26.9. The second-order valence-corrected chi connectivity index (χ2v) is 7.61. The van der Waals surface area contributed by atoms with Crippen molar-refractivity contribution in [1.29, 1.82) is 0 Å². The lowest BCUT2D eigenvalue weighted by Gasteiger charge is -2.13. The van der Waals surface area contributed by atoms with Crippen LogP contribution in [-0.2, 0) is 16.0 Å². The van der Waals surface area contributed by atoms with Crippen molar-refractivity contribution in [1.82, 2.24) is 15.2 Å². The Balaban J connectivity index is 1.98. The van der Waals surface area contributed by atoms with Crippen LogP contribution in [0.5, 0.6) is 23.0 Å². The van der Waals surface area contributed by atoms with Gasteiger partial charge in [-0.15, -0.1) is 0 Å². The molecule has 0 aliphatic rings. The van der Waals surface area contributed by atoms with Crippen molar-refractivity contribution >= 4 is 17.6 Å². The number of carbonyl (C=O) groups excluding carboxylic acids is 2. The third-order valence-corrected chi connectivity index (χ3v) is 5.46. The normalized spacial score (nSPS) is 11.0. The summed E-state index contributed by atoms with van der Waals surface area (Å²) in [5.74, 6) is 0.394. The summed E-state index contributed by atoms with van der Waals surface area (Å²) in [5, 5.41) is 7.05. The molecule has 2 N–H and O–H groups in total. The van der Waals surface area contributed by atoms with Crippen LogP contribution in [0.3, 0.4) is 0 Å². The Bertz CT molecular complexity index is 1350. The number of aromatic amines is 1. The average Bonchev–Trinajstić information content (AvgIpc) is 3.25. The van der Waals surface area contributed by atoms with Gasteiger partial charge >= 0.3 is 5.97 Å². The number of benzene rings is 2. The number of H-pyrrole nitrogens is 1. The van der Waals surface area contributed by atoms with Gasteiger partial charge in [-0.1, -0.05) is 0 Å². The summed E-state index contributed by atoms with van der Waals surface area (Å²) in [6.45, 7) is 1.54. The molecule has 12 heteroatoms. The maximum absolute atomic E-state index is 13.3. The van der Waals surface area contributed by atoms with E-state index in [4.69, 9.17) is 23.7 Å². The second-order valence-electron chi connectivity index (χ2n) is 7.61. The van der Waals surface area contributed by atoms with Gasteiger partial charge in [0.1, 0.15) is 5.75 Å². The van der Waals surface area contributed by atoms with E-state index < -0.39 is 17.4 Å². The van der Waals surface area contributed by atoms with Crippen LogP contribution < -0.4 is 29.9 Å². The molecule has 1 heterocycles. The molecule has 0 aliphatic heterocycles. The van der Waals surface area contributed by atoms with E-state index in [9.17, 15) is 14.4 Å². The summed E-state index contributed by atoms with van der Waals surface area (Å²) in [4.78, 5) is 38.2. The van der Waals surface area contributed by atoms with Gasteiger partial charge in [0.15, 0.2) is 11.5 Å². The van der Waals surface area contributed by atoms with Gasteiger partial charge in [-0.05, 0) is 43.3 Å². The molecule has 12 nitrogen and oxygen atoms in total. The molecule has 37 heavy (non-hydrogen) atoms. The molecule has 0 radical (unpaired) electrons. The predicted octanol–water partition coefficient (Wildman–Crippen LogP) is 2.07. The highest BCUT2D eigenvalue weighted by Gasteiger charge is 2.21. The lowest BCUT2D eigenvalue weighted by molar-refractivity contribution is -0.139. The van der Waals surface area contributed by atoms with Crippen molar-refractivity contribution in [3.05, 3.63) is 63.6 Å². The Kier molecular flexibility index (Phi) is 8.56. The van der Waals surface area contributed by atoms with Crippen molar-refractivity contribution in [3.63, 3.8) is 0 Å². The number of rotatable bonds is 10. The minimum atomic E-state index is -0.584. The Morgan fingerprint density at radius 1 is 0.946 bits per heavy atom. The van der Waals surface area contributed by atoms with Crippen LogP contribution in [0.4, 0.5) is 0 Å². The summed E-state index contributed by atoms with van der Waals surface area (Å²) >= 11 is 0. The molecule has 196 valence electrons. The van der Waals surface area contributed by atoms with Crippen molar-refractivity contribution < 1.29 is 33.3 Å². The second kappa shape index (κ2) is 11.8. The molecule has 2 aromatic carbocycles. The topological polar surface area (TPSA) is 142 Å². The SMILES string of the molecule is COC(=O)Cc1[nH]n(-c2ccc(OC)cc2)c(=O)c1C(C)=NNC(=O)c1cc(OC)c(OC)c(OC)c1. The largest absolute Gasteiger partial charge is 0.497 e. The molecule has 0 fully saturated rings. The number of nitrogens with one attached hydrogen (secondary N) is 2. The first-order valence-electron chi connectivity index (χ1n) is 11.0. The molecular weight excluding hydrogens is 484 g/mol. The van der Waals surface area contributed by atoms with Crippen LogP contribution in [0.2, 0.25) is 0 Å².